The molecule has 0 saturated heterocycles. The van der Waals surface area contributed by atoms with Crippen LogP contribution < -0.4 is 5.32 Å². The predicted molar refractivity (Wildman–Crippen MR) is 61.3 cm³/mol. The number of esters is 1. The van der Waals surface area contributed by atoms with Crippen LogP contribution in [0, 0.1) is 0 Å². The molecule has 0 aliphatic rings. The highest BCUT2D eigenvalue weighted by molar-refractivity contribution is 7.14. The average Bonchev–Trinajstić information content (AvgIpc) is 2.57. The van der Waals surface area contributed by atoms with Gasteiger partial charge in [-0.3, -0.25) is 0 Å². The standard InChI is InChI=1S/C9H13NO2S.ClH/c1-3-12-9(11)7(2)10-8-5-4-6-13-8;/h4-7,10H,3H2,1-2H3;1H. The topological polar surface area (TPSA) is 38.3 Å². The summed E-state index contributed by atoms with van der Waals surface area (Å²) < 4.78 is 4.86. The van der Waals surface area contributed by atoms with Crippen LogP contribution in [0.5, 0.6) is 0 Å². The Hall–Kier alpha value is -0.740. The molecule has 0 radical (unpaired) electrons. The fraction of sp³-hybridized carbons (Fsp3) is 0.444. The molecule has 3 nitrogen and oxygen atoms in total. The highest BCUT2D eigenvalue weighted by atomic mass is 35.5. The van der Waals surface area contributed by atoms with Crippen molar-refractivity contribution in [2.45, 2.75) is 19.9 Å². The number of anilines is 1. The van der Waals surface area contributed by atoms with Gasteiger partial charge in [-0.05, 0) is 31.4 Å². The van der Waals surface area contributed by atoms with Crippen LogP contribution in [0.4, 0.5) is 5.00 Å². The Morgan fingerprint density at radius 3 is 2.93 bits per heavy atom. The van der Waals surface area contributed by atoms with Crippen LogP contribution in [0.3, 0.4) is 0 Å². The molecule has 1 unspecified atom stereocenters. The molecule has 0 fully saturated rings. The van der Waals surface area contributed by atoms with E-state index in [0.717, 1.165) is 5.00 Å². The maximum atomic E-state index is 11.2. The van der Waals surface area contributed by atoms with E-state index < -0.39 is 0 Å². The molecular formula is C9H14ClNO2S. The quantitative estimate of drug-likeness (QED) is 0.816. The number of hydrogen-bond acceptors (Lipinski definition) is 4. The van der Waals surface area contributed by atoms with Gasteiger partial charge in [0.1, 0.15) is 6.04 Å². The normalized spacial score (nSPS) is 11.3. The summed E-state index contributed by atoms with van der Waals surface area (Å²) in [6, 6.07) is 3.59. The van der Waals surface area contributed by atoms with Gasteiger partial charge < -0.3 is 10.1 Å². The zero-order valence-corrected chi connectivity index (χ0v) is 9.78. The van der Waals surface area contributed by atoms with Gasteiger partial charge in [-0.15, -0.1) is 23.7 Å². The maximum absolute atomic E-state index is 11.2. The molecule has 0 saturated carbocycles. The fourth-order valence-corrected chi connectivity index (χ4v) is 1.61. The molecule has 1 aromatic rings. The molecule has 1 atom stereocenters. The lowest BCUT2D eigenvalue weighted by molar-refractivity contribution is -0.143. The van der Waals surface area contributed by atoms with Crippen LogP contribution in [0.2, 0.25) is 0 Å². The van der Waals surface area contributed by atoms with E-state index in [9.17, 15) is 4.79 Å². The minimum Gasteiger partial charge on any atom is -0.464 e. The zero-order valence-electron chi connectivity index (χ0n) is 8.15. The minimum atomic E-state index is -0.279. The van der Waals surface area contributed by atoms with Gasteiger partial charge in [-0.25, -0.2) is 4.79 Å². The number of carbonyl (C=O) groups excluding carboxylic acids is 1. The maximum Gasteiger partial charge on any atom is 0.328 e. The minimum absolute atomic E-state index is 0. The molecule has 0 bridgehead atoms. The molecule has 1 N–H and O–H groups in total. The summed E-state index contributed by atoms with van der Waals surface area (Å²) in [4.78, 5) is 11.2. The Kier molecular flexibility index (Phi) is 6.32. The van der Waals surface area contributed by atoms with Gasteiger partial charge in [-0.1, -0.05) is 0 Å². The fourth-order valence-electron chi connectivity index (χ4n) is 0.900. The summed E-state index contributed by atoms with van der Waals surface area (Å²) in [6.07, 6.45) is 0. The largest absolute Gasteiger partial charge is 0.464 e. The third-order valence-corrected chi connectivity index (χ3v) is 2.32. The van der Waals surface area contributed by atoms with E-state index in [1.165, 1.54) is 0 Å². The first-order valence-electron chi connectivity index (χ1n) is 4.20. The van der Waals surface area contributed by atoms with Gasteiger partial charge in [0.2, 0.25) is 0 Å². The Balaban J connectivity index is 0.00000169. The van der Waals surface area contributed by atoms with E-state index in [1.807, 2.05) is 17.5 Å². The molecule has 5 heteroatoms. The van der Waals surface area contributed by atoms with Crippen molar-refractivity contribution in [1.82, 2.24) is 0 Å². The van der Waals surface area contributed by atoms with Crippen LogP contribution in [0.1, 0.15) is 13.8 Å². The second-order valence-electron chi connectivity index (χ2n) is 2.60. The number of carbonyl (C=O) groups is 1. The van der Waals surface area contributed by atoms with E-state index in [-0.39, 0.29) is 24.4 Å². The SMILES string of the molecule is CCOC(=O)C(C)Nc1cccs1.Cl. The van der Waals surface area contributed by atoms with Gasteiger partial charge >= 0.3 is 5.97 Å². The monoisotopic (exact) mass is 235 g/mol. The Morgan fingerprint density at radius 2 is 2.43 bits per heavy atom. The molecule has 1 rings (SSSR count). The van der Waals surface area contributed by atoms with Crippen molar-refractivity contribution in [2.75, 3.05) is 11.9 Å². The summed E-state index contributed by atoms with van der Waals surface area (Å²) >= 11 is 1.57. The van der Waals surface area contributed by atoms with Crippen LogP contribution >= 0.6 is 23.7 Å². The second kappa shape index (κ2) is 6.68. The van der Waals surface area contributed by atoms with Gasteiger partial charge in [0, 0.05) is 0 Å². The van der Waals surface area contributed by atoms with Crippen LogP contribution in [-0.4, -0.2) is 18.6 Å². The molecule has 80 valence electrons. The van der Waals surface area contributed by atoms with Crippen LogP contribution in [0.25, 0.3) is 0 Å². The number of rotatable bonds is 4. The lowest BCUT2D eigenvalue weighted by atomic mass is 10.3. The summed E-state index contributed by atoms with van der Waals surface area (Å²) in [7, 11) is 0. The number of halogens is 1. The second-order valence-corrected chi connectivity index (χ2v) is 3.54. The first kappa shape index (κ1) is 13.3. The van der Waals surface area contributed by atoms with Gasteiger partial charge in [-0.2, -0.15) is 0 Å². The van der Waals surface area contributed by atoms with Crippen molar-refractivity contribution in [1.29, 1.82) is 0 Å². The van der Waals surface area contributed by atoms with Crippen molar-refractivity contribution < 1.29 is 9.53 Å². The van der Waals surface area contributed by atoms with Gasteiger partial charge in [0.15, 0.2) is 0 Å². The van der Waals surface area contributed by atoms with Crippen molar-refractivity contribution in [3.05, 3.63) is 17.5 Å². The highest BCUT2D eigenvalue weighted by Crippen LogP contribution is 2.16. The molecule has 1 heterocycles. The third kappa shape index (κ3) is 3.98. The third-order valence-electron chi connectivity index (χ3n) is 1.52. The van der Waals surface area contributed by atoms with Gasteiger partial charge in [0.25, 0.3) is 0 Å². The van der Waals surface area contributed by atoms with Crippen molar-refractivity contribution in [3.63, 3.8) is 0 Å². The number of nitrogens with one attached hydrogen (secondary N) is 1. The van der Waals surface area contributed by atoms with E-state index in [4.69, 9.17) is 4.74 Å². The van der Waals surface area contributed by atoms with Crippen molar-refractivity contribution in [3.8, 4) is 0 Å². The molecular weight excluding hydrogens is 222 g/mol. The summed E-state index contributed by atoms with van der Waals surface area (Å²) in [6.45, 7) is 4.02. The molecule has 14 heavy (non-hydrogen) atoms. The smallest absolute Gasteiger partial charge is 0.328 e. The molecule has 1 aromatic heterocycles. The number of ether oxygens (including phenoxy) is 1. The summed E-state index contributed by atoms with van der Waals surface area (Å²) in [5.74, 6) is -0.212. The Labute approximate surface area is 93.9 Å². The van der Waals surface area contributed by atoms with Crippen molar-refractivity contribution in [2.24, 2.45) is 0 Å². The summed E-state index contributed by atoms with van der Waals surface area (Å²) in [5.41, 5.74) is 0. The van der Waals surface area contributed by atoms with E-state index >= 15 is 0 Å². The van der Waals surface area contributed by atoms with Crippen molar-refractivity contribution >= 4 is 34.7 Å². The van der Waals surface area contributed by atoms with E-state index in [0.29, 0.717) is 6.61 Å². The van der Waals surface area contributed by atoms with Gasteiger partial charge in [0.05, 0.1) is 11.6 Å². The molecule has 0 aliphatic heterocycles. The van der Waals surface area contributed by atoms with E-state index in [1.54, 1.807) is 25.2 Å². The van der Waals surface area contributed by atoms with Crippen LogP contribution in [0.15, 0.2) is 17.5 Å². The highest BCUT2D eigenvalue weighted by Gasteiger charge is 2.13. The number of thiophene rings is 1. The molecule has 0 spiro atoms. The average molecular weight is 236 g/mol. The molecule has 0 aromatic carbocycles. The van der Waals surface area contributed by atoms with E-state index in [2.05, 4.69) is 5.32 Å². The first-order valence-corrected chi connectivity index (χ1v) is 5.08. The zero-order chi connectivity index (χ0) is 9.68. The Morgan fingerprint density at radius 1 is 1.71 bits per heavy atom. The number of hydrogen-bond donors (Lipinski definition) is 1. The lowest BCUT2D eigenvalue weighted by Gasteiger charge is -2.11. The molecule has 0 amide bonds. The first-order chi connectivity index (χ1) is 6.24. The van der Waals surface area contributed by atoms with Crippen LogP contribution in [-0.2, 0) is 9.53 Å². The molecule has 0 aliphatic carbocycles. The lowest BCUT2D eigenvalue weighted by Crippen LogP contribution is -2.27. The summed E-state index contributed by atoms with van der Waals surface area (Å²) in [5, 5.41) is 6.00. The Bertz CT molecular complexity index is 264. The predicted octanol–water partition coefficient (Wildman–Crippen LogP) is 2.53.